The molecule has 3 aromatic rings. The monoisotopic (exact) mass is 493 g/mol. The third-order valence-electron chi connectivity index (χ3n) is 5.47. The fourth-order valence-corrected chi connectivity index (χ4v) is 6.43. The van der Waals surface area contributed by atoms with Gasteiger partial charge in [-0.05, 0) is 36.2 Å². The number of carboxylic acid groups (broad SMARTS) is 1. The number of benzene rings is 1. The van der Waals surface area contributed by atoms with E-state index in [4.69, 9.17) is 11.6 Å². The lowest BCUT2D eigenvalue weighted by Crippen LogP contribution is -2.28. The van der Waals surface area contributed by atoms with Crippen LogP contribution in [-0.4, -0.2) is 51.7 Å². The number of hydrogen-bond acceptors (Lipinski definition) is 5. The summed E-state index contributed by atoms with van der Waals surface area (Å²) in [6.45, 7) is 4.66. The van der Waals surface area contributed by atoms with Gasteiger partial charge in [0.1, 0.15) is 11.4 Å². The second-order valence-electron chi connectivity index (χ2n) is 8.11. The minimum absolute atomic E-state index is 0.0350. The molecule has 1 unspecified atom stereocenters. The van der Waals surface area contributed by atoms with Crippen LogP contribution in [0, 0.1) is 0 Å². The lowest BCUT2D eigenvalue weighted by Gasteiger charge is -2.17. The molecule has 32 heavy (non-hydrogen) atoms. The van der Waals surface area contributed by atoms with Crippen LogP contribution in [0.25, 0.3) is 10.9 Å². The predicted molar refractivity (Wildman–Crippen MR) is 126 cm³/mol. The number of carboxylic acids is 1. The van der Waals surface area contributed by atoms with E-state index in [1.807, 2.05) is 12.3 Å². The van der Waals surface area contributed by atoms with Crippen molar-refractivity contribution in [1.29, 1.82) is 0 Å². The molecule has 1 aromatic carbocycles. The summed E-state index contributed by atoms with van der Waals surface area (Å²) in [6, 6.07) is 8.74. The number of rotatable bonds is 7. The normalized spacial score (nSPS) is 17.4. The maximum absolute atomic E-state index is 13.2. The highest BCUT2D eigenvalue weighted by molar-refractivity contribution is 7.99. The Kier molecular flexibility index (Phi) is 6.53. The zero-order chi connectivity index (χ0) is 23.0. The summed E-state index contributed by atoms with van der Waals surface area (Å²) in [5, 5.41) is 11.8. The Hall–Kier alpha value is -2.07. The molecule has 3 heterocycles. The van der Waals surface area contributed by atoms with Gasteiger partial charge in [0.25, 0.3) is 0 Å². The third kappa shape index (κ3) is 4.66. The molecule has 10 heteroatoms. The summed E-state index contributed by atoms with van der Waals surface area (Å²) in [4.78, 5) is 15.8. The van der Waals surface area contributed by atoms with E-state index in [2.05, 4.69) is 18.8 Å². The molecule has 0 amide bonds. The van der Waals surface area contributed by atoms with Crippen molar-refractivity contribution in [2.45, 2.75) is 47.9 Å². The third-order valence-corrected chi connectivity index (χ3v) is 8.51. The first-order valence-electron chi connectivity index (χ1n) is 10.3. The largest absolute Gasteiger partial charge is 0.480 e. The van der Waals surface area contributed by atoms with E-state index in [1.54, 1.807) is 40.6 Å². The highest BCUT2D eigenvalue weighted by atomic mass is 35.5. The van der Waals surface area contributed by atoms with E-state index in [9.17, 15) is 18.3 Å². The average molecular weight is 494 g/mol. The van der Waals surface area contributed by atoms with Crippen LogP contribution in [0.15, 0.2) is 52.6 Å². The van der Waals surface area contributed by atoms with E-state index < -0.39 is 16.0 Å². The molecule has 7 nitrogen and oxygen atoms in total. The van der Waals surface area contributed by atoms with Crippen LogP contribution >= 0.6 is 23.4 Å². The maximum Gasteiger partial charge on any atom is 0.323 e. The summed E-state index contributed by atoms with van der Waals surface area (Å²) in [5.41, 5.74) is 1.68. The van der Waals surface area contributed by atoms with Gasteiger partial charge in [-0.2, -0.15) is 4.31 Å². The van der Waals surface area contributed by atoms with Gasteiger partial charge in [-0.25, -0.2) is 13.4 Å². The number of nitrogens with zero attached hydrogens (tertiary/aromatic N) is 3. The van der Waals surface area contributed by atoms with Gasteiger partial charge in [0, 0.05) is 47.1 Å². The first-order valence-corrected chi connectivity index (χ1v) is 13.0. The van der Waals surface area contributed by atoms with Crippen molar-refractivity contribution in [1.82, 2.24) is 13.9 Å². The molecule has 1 aliphatic rings. The molecule has 1 saturated heterocycles. The molecule has 0 aliphatic carbocycles. The molecule has 4 rings (SSSR count). The molecule has 0 bridgehead atoms. The first kappa shape index (κ1) is 23.1. The Bertz CT molecular complexity index is 1260. The Balaban J connectivity index is 1.59. The zero-order valence-electron chi connectivity index (χ0n) is 17.7. The van der Waals surface area contributed by atoms with Gasteiger partial charge in [0.15, 0.2) is 0 Å². The quantitative estimate of drug-likeness (QED) is 0.489. The molecule has 1 atom stereocenters. The van der Waals surface area contributed by atoms with Crippen molar-refractivity contribution >= 4 is 50.3 Å². The zero-order valence-corrected chi connectivity index (χ0v) is 20.1. The second kappa shape index (κ2) is 9.05. The van der Waals surface area contributed by atoms with Crippen LogP contribution in [0.4, 0.5) is 0 Å². The number of halogens is 1. The van der Waals surface area contributed by atoms with E-state index in [0.717, 1.165) is 21.5 Å². The molecular formula is C22H24ClN3O4S2. The maximum atomic E-state index is 13.2. The van der Waals surface area contributed by atoms with E-state index in [0.29, 0.717) is 29.8 Å². The molecule has 1 N–H and O–H groups in total. The minimum Gasteiger partial charge on any atom is -0.480 e. The lowest BCUT2D eigenvalue weighted by molar-refractivity contribution is -0.137. The van der Waals surface area contributed by atoms with Gasteiger partial charge < -0.3 is 9.67 Å². The van der Waals surface area contributed by atoms with Crippen molar-refractivity contribution < 1.29 is 18.3 Å². The Morgan fingerprint density at radius 2 is 2.09 bits per heavy atom. The molecule has 1 aliphatic heterocycles. The van der Waals surface area contributed by atoms with Crippen LogP contribution in [0.2, 0.25) is 5.02 Å². The fraction of sp³-hybridized carbons (Fsp3) is 0.364. The van der Waals surface area contributed by atoms with Gasteiger partial charge >= 0.3 is 5.97 Å². The van der Waals surface area contributed by atoms with Crippen molar-refractivity contribution in [3.63, 3.8) is 0 Å². The van der Waals surface area contributed by atoms with Crippen LogP contribution in [0.3, 0.4) is 0 Å². The SMILES string of the molecule is CC(C)Sc1ccc(S(=O)(=O)N2CCC(c3cn(CC(=O)O)c4cc(Cl)ccc34)C2)cn1. The number of fused-ring (bicyclic) bond motifs is 1. The number of hydrogen-bond donors (Lipinski definition) is 1. The van der Waals surface area contributed by atoms with E-state index in [-0.39, 0.29) is 17.4 Å². The Morgan fingerprint density at radius 1 is 1.31 bits per heavy atom. The topological polar surface area (TPSA) is 92.5 Å². The standard InChI is InChI=1S/C22H24ClN3O4S2/c1-14(2)31-21-6-4-17(10-24-21)32(29,30)26-8-7-15(11-26)19-12-25(13-22(27)28)20-9-16(23)3-5-18(19)20/h3-6,9-10,12,14-15H,7-8,11,13H2,1-2H3,(H,27,28). The van der Waals surface area contributed by atoms with Crippen molar-refractivity contribution in [2.24, 2.45) is 0 Å². The van der Waals surface area contributed by atoms with Crippen LogP contribution in [-0.2, 0) is 21.4 Å². The highest BCUT2D eigenvalue weighted by Crippen LogP contribution is 2.37. The number of pyridine rings is 1. The number of aromatic nitrogens is 2. The summed E-state index contributed by atoms with van der Waals surface area (Å²) in [5.74, 6) is -0.983. The van der Waals surface area contributed by atoms with Gasteiger partial charge in [0.2, 0.25) is 10.0 Å². The molecule has 0 radical (unpaired) electrons. The molecular weight excluding hydrogens is 470 g/mol. The molecule has 1 fully saturated rings. The van der Waals surface area contributed by atoms with Crippen molar-refractivity contribution in [2.75, 3.05) is 13.1 Å². The highest BCUT2D eigenvalue weighted by Gasteiger charge is 2.34. The molecule has 170 valence electrons. The number of sulfonamides is 1. The second-order valence-corrected chi connectivity index (χ2v) is 12.1. The molecule has 0 saturated carbocycles. The number of aliphatic carboxylic acids is 1. The Morgan fingerprint density at radius 3 is 2.75 bits per heavy atom. The number of carbonyl (C=O) groups is 1. The summed E-state index contributed by atoms with van der Waals surface area (Å²) >= 11 is 7.71. The first-order chi connectivity index (χ1) is 15.1. The molecule has 2 aromatic heterocycles. The molecule has 0 spiro atoms. The average Bonchev–Trinajstić information content (AvgIpc) is 3.33. The fourth-order valence-electron chi connectivity index (χ4n) is 4.08. The van der Waals surface area contributed by atoms with Gasteiger partial charge in [-0.3, -0.25) is 4.79 Å². The number of thioether (sulfide) groups is 1. The lowest BCUT2D eigenvalue weighted by atomic mass is 9.98. The minimum atomic E-state index is -3.66. The van der Waals surface area contributed by atoms with Gasteiger partial charge in [-0.15, -0.1) is 11.8 Å². The van der Waals surface area contributed by atoms with Gasteiger partial charge in [0.05, 0.1) is 10.5 Å². The van der Waals surface area contributed by atoms with Gasteiger partial charge in [-0.1, -0.05) is 31.5 Å². The van der Waals surface area contributed by atoms with Crippen LogP contribution in [0.1, 0.15) is 31.7 Å². The summed E-state index contributed by atoms with van der Waals surface area (Å²) in [6.07, 6.45) is 3.90. The summed E-state index contributed by atoms with van der Waals surface area (Å²) in [7, 11) is -3.66. The Labute approximate surface area is 196 Å². The predicted octanol–water partition coefficient (Wildman–Crippen LogP) is 4.45. The van der Waals surface area contributed by atoms with E-state index in [1.165, 1.54) is 10.5 Å². The van der Waals surface area contributed by atoms with Crippen molar-refractivity contribution in [3.05, 3.63) is 53.3 Å². The van der Waals surface area contributed by atoms with Crippen molar-refractivity contribution in [3.8, 4) is 0 Å². The smallest absolute Gasteiger partial charge is 0.323 e. The summed E-state index contributed by atoms with van der Waals surface area (Å²) < 4.78 is 29.5. The van der Waals surface area contributed by atoms with E-state index >= 15 is 0 Å². The van der Waals surface area contributed by atoms with Crippen LogP contribution < -0.4 is 0 Å². The van der Waals surface area contributed by atoms with Crippen LogP contribution in [0.5, 0.6) is 0 Å².